The third kappa shape index (κ3) is 10.7. The van der Waals surface area contributed by atoms with Gasteiger partial charge in [0.05, 0.1) is 5.66 Å². The average Bonchev–Trinajstić information content (AvgIpc) is 2.32. The monoisotopic (exact) mass is 267 g/mol. The molecule has 0 aromatic rings. The molecule has 0 aliphatic carbocycles. The summed E-state index contributed by atoms with van der Waals surface area (Å²) in [5.74, 6) is 1.11. The fourth-order valence-electron chi connectivity index (χ4n) is 1.07. The molecule has 0 radical (unpaired) electrons. The second-order valence-corrected chi connectivity index (χ2v) is 4.71. The largest absolute Gasteiger partial charge is 0.362 e. The fourth-order valence-corrected chi connectivity index (χ4v) is 1.97. The molecular formula is C11H26NO2PS. The van der Waals surface area contributed by atoms with Crippen molar-refractivity contribution in [1.29, 1.82) is 0 Å². The van der Waals surface area contributed by atoms with Crippen molar-refractivity contribution in [3.63, 3.8) is 0 Å². The molecule has 0 aromatic carbocycles. The quantitative estimate of drug-likeness (QED) is 0.609. The summed E-state index contributed by atoms with van der Waals surface area (Å²) >= 11 is 3.79. The molecule has 98 valence electrons. The van der Waals surface area contributed by atoms with Crippen molar-refractivity contribution in [2.75, 3.05) is 18.9 Å². The van der Waals surface area contributed by atoms with E-state index >= 15 is 0 Å². The predicted octanol–water partition coefficient (Wildman–Crippen LogP) is 2.86. The van der Waals surface area contributed by atoms with Crippen LogP contribution < -0.4 is 5.32 Å². The van der Waals surface area contributed by atoms with Crippen molar-refractivity contribution in [3.05, 3.63) is 0 Å². The number of thiol groups is 1. The fraction of sp³-hybridized carbons (Fsp3) is 0.909. The van der Waals surface area contributed by atoms with Gasteiger partial charge in [-0.25, -0.2) is 0 Å². The highest BCUT2D eigenvalue weighted by atomic mass is 32.1. The second-order valence-electron chi connectivity index (χ2n) is 2.85. The number of rotatable bonds is 3. The summed E-state index contributed by atoms with van der Waals surface area (Å²) in [4.78, 5) is 11.1. The van der Waals surface area contributed by atoms with Gasteiger partial charge in [-0.2, -0.15) is 12.6 Å². The van der Waals surface area contributed by atoms with Crippen molar-refractivity contribution in [1.82, 2.24) is 5.32 Å². The van der Waals surface area contributed by atoms with Crippen LogP contribution in [0.2, 0.25) is 0 Å². The van der Waals surface area contributed by atoms with Gasteiger partial charge in [0.25, 0.3) is 0 Å². The first-order chi connectivity index (χ1) is 7.76. The summed E-state index contributed by atoms with van der Waals surface area (Å²) in [6, 6.07) is 0. The van der Waals surface area contributed by atoms with Crippen LogP contribution in [0.25, 0.3) is 0 Å². The molecule has 5 heteroatoms. The second kappa shape index (κ2) is 15.2. The zero-order chi connectivity index (χ0) is 12.8. The topological polar surface area (TPSA) is 38.3 Å². The van der Waals surface area contributed by atoms with Gasteiger partial charge >= 0.3 is 0 Å². The molecule has 1 heterocycles. The van der Waals surface area contributed by atoms with E-state index in [1.54, 1.807) is 0 Å². The molecule has 0 saturated carbocycles. The number of nitrogens with one attached hydrogen (secondary N) is 1. The molecule has 1 fully saturated rings. The third-order valence-electron chi connectivity index (χ3n) is 1.66. The molecule has 16 heavy (non-hydrogen) atoms. The first kappa shape index (κ1) is 18.6. The molecular weight excluding hydrogens is 241 g/mol. The Balaban J connectivity index is 0. The van der Waals surface area contributed by atoms with Crippen LogP contribution >= 0.6 is 21.4 Å². The van der Waals surface area contributed by atoms with E-state index in [1.807, 2.05) is 27.7 Å². The van der Waals surface area contributed by atoms with Crippen LogP contribution in [0.1, 0.15) is 40.5 Å². The lowest BCUT2D eigenvalue weighted by Gasteiger charge is -2.20. The van der Waals surface area contributed by atoms with E-state index in [1.165, 1.54) is 0 Å². The molecule has 1 aliphatic rings. The molecule has 1 rings (SSSR count). The summed E-state index contributed by atoms with van der Waals surface area (Å²) in [6.45, 7) is 9.49. The van der Waals surface area contributed by atoms with Crippen molar-refractivity contribution >= 4 is 27.3 Å². The molecule has 1 aliphatic heterocycles. The van der Waals surface area contributed by atoms with Gasteiger partial charge in [-0.1, -0.05) is 20.8 Å². The Morgan fingerprint density at radius 3 is 2.50 bits per heavy atom. The maximum atomic E-state index is 11.1. The number of carbonyl (C=O) groups excluding carboxylic acids is 1. The predicted molar refractivity (Wildman–Crippen MR) is 76.8 cm³/mol. The van der Waals surface area contributed by atoms with E-state index in [-0.39, 0.29) is 11.6 Å². The van der Waals surface area contributed by atoms with Crippen LogP contribution in [0.3, 0.4) is 0 Å². The summed E-state index contributed by atoms with van der Waals surface area (Å²) in [5.41, 5.74) is 0.128. The standard InChI is InChI=1S/C7H14NO2P.C2H6S.C2H6/c1-2-10-11-6-4-3-5-8-7(6)9;1-2-3;1-2/h6,11H,2-5H2,1H3,(H,8,9);3H,2H2,1H3;1-2H3. The Bertz CT molecular complexity index is 159. The normalized spacial score (nSPS) is 19.3. The Kier molecular flexibility index (Phi) is 17.7. The minimum absolute atomic E-state index is 0.128. The number of amides is 1. The highest BCUT2D eigenvalue weighted by Crippen LogP contribution is 2.26. The van der Waals surface area contributed by atoms with Gasteiger partial charge in [-0.05, 0) is 25.5 Å². The summed E-state index contributed by atoms with van der Waals surface area (Å²) in [6.07, 6.45) is 2.08. The van der Waals surface area contributed by atoms with Crippen molar-refractivity contribution in [3.8, 4) is 0 Å². The van der Waals surface area contributed by atoms with Gasteiger partial charge in [0.15, 0.2) is 0 Å². The van der Waals surface area contributed by atoms with Crippen LogP contribution in [0.5, 0.6) is 0 Å². The molecule has 2 unspecified atom stereocenters. The minimum atomic E-state index is 0.128. The van der Waals surface area contributed by atoms with Gasteiger partial charge in [0, 0.05) is 22.0 Å². The Morgan fingerprint density at radius 1 is 1.50 bits per heavy atom. The first-order valence-electron chi connectivity index (χ1n) is 6.02. The van der Waals surface area contributed by atoms with E-state index in [0.29, 0.717) is 15.4 Å². The van der Waals surface area contributed by atoms with Gasteiger partial charge in [0.1, 0.15) is 0 Å². The lowest BCUT2D eigenvalue weighted by atomic mass is 10.1. The molecule has 1 saturated heterocycles. The molecule has 0 bridgehead atoms. The summed E-state index contributed by atoms with van der Waals surface area (Å²) < 4.78 is 5.21. The van der Waals surface area contributed by atoms with Crippen molar-refractivity contribution in [2.24, 2.45) is 0 Å². The Morgan fingerprint density at radius 2 is 2.06 bits per heavy atom. The van der Waals surface area contributed by atoms with Crippen LogP contribution in [-0.2, 0) is 9.32 Å². The lowest BCUT2D eigenvalue weighted by molar-refractivity contribution is -0.121. The first-order valence-corrected chi connectivity index (χ1v) is 7.63. The van der Waals surface area contributed by atoms with E-state index < -0.39 is 0 Å². The zero-order valence-corrected chi connectivity index (χ0v) is 12.8. The molecule has 3 nitrogen and oxygen atoms in total. The SMILES string of the molecule is CC.CCOPC1CCCNC1=O.CCS. The smallest absolute Gasteiger partial charge is 0.229 e. The number of hydrogen-bond acceptors (Lipinski definition) is 3. The average molecular weight is 267 g/mol. The Labute approximate surface area is 107 Å². The summed E-state index contributed by atoms with van der Waals surface area (Å²) in [5, 5.41) is 2.83. The number of carbonyl (C=O) groups is 1. The van der Waals surface area contributed by atoms with Gasteiger partial charge in [-0.3, -0.25) is 4.79 Å². The summed E-state index contributed by atoms with van der Waals surface area (Å²) in [7, 11) is 0.350. The van der Waals surface area contributed by atoms with Crippen LogP contribution in [0.4, 0.5) is 0 Å². The van der Waals surface area contributed by atoms with Gasteiger partial charge in [0.2, 0.25) is 5.91 Å². The van der Waals surface area contributed by atoms with Crippen LogP contribution in [0, 0.1) is 0 Å². The molecule has 0 aromatic heterocycles. The maximum Gasteiger partial charge on any atom is 0.229 e. The highest BCUT2D eigenvalue weighted by molar-refractivity contribution is 7.80. The molecule has 0 spiro atoms. The maximum absolute atomic E-state index is 11.1. The minimum Gasteiger partial charge on any atom is -0.362 e. The van der Waals surface area contributed by atoms with Gasteiger partial charge in [-0.15, -0.1) is 0 Å². The molecule has 2 atom stereocenters. The van der Waals surface area contributed by atoms with Crippen LogP contribution in [0.15, 0.2) is 0 Å². The van der Waals surface area contributed by atoms with Crippen molar-refractivity contribution in [2.45, 2.75) is 46.2 Å². The number of piperidine rings is 1. The van der Waals surface area contributed by atoms with Gasteiger partial charge < -0.3 is 9.84 Å². The highest BCUT2D eigenvalue weighted by Gasteiger charge is 2.21. The lowest BCUT2D eigenvalue weighted by Crippen LogP contribution is -2.37. The van der Waals surface area contributed by atoms with Crippen molar-refractivity contribution < 1.29 is 9.32 Å². The zero-order valence-electron chi connectivity index (χ0n) is 10.9. The van der Waals surface area contributed by atoms with E-state index in [9.17, 15) is 4.79 Å². The Hall–Kier alpha value is 0.210. The van der Waals surface area contributed by atoms with E-state index in [0.717, 1.165) is 25.1 Å². The molecule has 1 amide bonds. The van der Waals surface area contributed by atoms with E-state index in [2.05, 4.69) is 17.9 Å². The van der Waals surface area contributed by atoms with Crippen LogP contribution in [-0.4, -0.2) is 30.5 Å². The number of hydrogen-bond donors (Lipinski definition) is 2. The molecule has 1 N–H and O–H groups in total. The van der Waals surface area contributed by atoms with E-state index in [4.69, 9.17) is 4.52 Å². The third-order valence-corrected chi connectivity index (χ3v) is 2.95.